The molecule has 0 spiro atoms. The van der Waals surface area contributed by atoms with Crippen molar-refractivity contribution in [1.29, 1.82) is 0 Å². The molecule has 1 fully saturated rings. The molecule has 0 atom stereocenters. The molecule has 1 heterocycles. The summed E-state index contributed by atoms with van der Waals surface area (Å²) in [4.78, 5) is 11.7. The molecule has 1 amide bonds. The number of benzene rings is 1. The van der Waals surface area contributed by atoms with Crippen LogP contribution in [0.4, 0.5) is 4.39 Å². The number of sulfonamides is 1. The van der Waals surface area contributed by atoms with E-state index in [-0.39, 0.29) is 23.9 Å². The van der Waals surface area contributed by atoms with Crippen molar-refractivity contribution in [3.8, 4) is 0 Å². The van der Waals surface area contributed by atoms with Gasteiger partial charge in [0.05, 0.1) is 12.2 Å². The van der Waals surface area contributed by atoms with Crippen LogP contribution in [0.15, 0.2) is 24.3 Å². The minimum absolute atomic E-state index is 0.125. The summed E-state index contributed by atoms with van der Waals surface area (Å²) < 4.78 is 38.1. The highest BCUT2D eigenvalue weighted by Gasteiger charge is 2.24. The quantitative estimate of drug-likeness (QED) is 0.801. The van der Waals surface area contributed by atoms with Crippen molar-refractivity contribution < 1.29 is 17.6 Å². The monoisotopic (exact) mass is 328 g/mol. The first-order valence-corrected chi connectivity index (χ1v) is 9.07. The number of nitrogens with zero attached hydrogens (tertiary/aromatic N) is 1. The zero-order valence-corrected chi connectivity index (χ0v) is 13.2. The van der Waals surface area contributed by atoms with Crippen LogP contribution in [0, 0.1) is 5.82 Å². The highest BCUT2D eigenvalue weighted by molar-refractivity contribution is 7.89. The minimum Gasteiger partial charge on any atom is -0.356 e. The van der Waals surface area contributed by atoms with Crippen LogP contribution >= 0.6 is 0 Å². The fourth-order valence-corrected chi connectivity index (χ4v) is 4.11. The van der Waals surface area contributed by atoms with E-state index in [0.29, 0.717) is 31.6 Å². The maximum absolute atomic E-state index is 13.0. The number of rotatable bonds is 6. The molecule has 2 rings (SSSR count). The number of hydrogen-bond acceptors (Lipinski definition) is 3. The smallest absolute Gasteiger partial charge is 0.224 e. The standard InChI is InChI=1S/C15H21FN2O3S/c16-14-6-3-5-13(11-14)12-15(19)17-7-4-9-18-8-1-2-10-22(18,20)21/h3,5-6,11H,1-2,4,7-10,12H2,(H,17,19). The number of halogens is 1. The van der Waals surface area contributed by atoms with Crippen molar-refractivity contribution in [2.75, 3.05) is 25.4 Å². The molecule has 0 unspecified atom stereocenters. The third kappa shape index (κ3) is 5.06. The molecule has 0 bridgehead atoms. The van der Waals surface area contributed by atoms with Crippen LogP contribution in [0.5, 0.6) is 0 Å². The summed E-state index contributed by atoms with van der Waals surface area (Å²) >= 11 is 0. The summed E-state index contributed by atoms with van der Waals surface area (Å²) in [5, 5.41) is 2.73. The number of amides is 1. The molecule has 1 N–H and O–H groups in total. The van der Waals surface area contributed by atoms with Gasteiger partial charge in [-0.25, -0.2) is 17.1 Å². The summed E-state index contributed by atoms with van der Waals surface area (Å²) in [6, 6.07) is 5.93. The van der Waals surface area contributed by atoms with E-state index < -0.39 is 10.0 Å². The highest BCUT2D eigenvalue weighted by atomic mass is 32.2. The Kier molecular flexibility index (Phi) is 5.90. The second-order valence-electron chi connectivity index (χ2n) is 5.43. The van der Waals surface area contributed by atoms with Crippen molar-refractivity contribution in [2.24, 2.45) is 0 Å². The summed E-state index contributed by atoms with van der Waals surface area (Å²) in [7, 11) is -3.10. The molecule has 1 saturated heterocycles. The van der Waals surface area contributed by atoms with Crippen LogP contribution in [0.2, 0.25) is 0 Å². The molecule has 0 radical (unpaired) electrons. The summed E-state index contributed by atoms with van der Waals surface area (Å²) in [6.45, 7) is 1.42. The Balaban J connectivity index is 1.69. The predicted octanol–water partition coefficient (Wildman–Crippen LogP) is 1.30. The zero-order valence-electron chi connectivity index (χ0n) is 12.4. The van der Waals surface area contributed by atoms with Crippen LogP contribution in [0.3, 0.4) is 0 Å². The first-order chi connectivity index (χ1) is 10.5. The van der Waals surface area contributed by atoms with Gasteiger partial charge in [0, 0.05) is 19.6 Å². The first-order valence-electron chi connectivity index (χ1n) is 7.46. The van der Waals surface area contributed by atoms with Gasteiger partial charge in [0.15, 0.2) is 0 Å². The maximum atomic E-state index is 13.0. The van der Waals surface area contributed by atoms with E-state index in [1.807, 2.05) is 0 Å². The van der Waals surface area contributed by atoms with Gasteiger partial charge in [-0.3, -0.25) is 4.79 Å². The van der Waals surface area contributed by atoms with Crippen LogP contribution in [-0.2, 0) is 21.2 Å². The molecular formula is C15H21FN2O3S. The molecule has 1 aromatic rings. The molecule has 1 aliphatic rings. The Bertz CT molecular complexity index is 619. The second-order valence-corrected chi connectivity index (χ2v) is 7.52. The first kappa shape index (κ1) is 16.9. The van der Waals surface area contributed by atoms with E-state index >= 15 is 0 Å². The van der Waals surface area contributed by atoms with Crippen LogP contribution < -0.4 is 5.32 Å². The largest absolute Gasteiger partial charge is 0.356 e. The molecule has 122 valence electrons. The van der Waals surface area contributed by atoms with Crippen molar-refractivity contribution in [2.45, 2.75) is 25.7 Å². The van der Waals surface area contributed by atoms with E-state index in [9.17, 15) is 17.6 Å². The lowest BCUT2D eigenvalue weighted by Gasteiger charge is -2.26. The molecular weight excluding hydrogens is 307 g/mol. The average molecular weight is 328 g/mol. The van der Waals surface area contributed by atoms with Gasteiger partial charge in [0.2, 0.25) is 15.9 Å². The predicted molar refractivity (Wildman–Crippen MR) is 82.3 cm³/mol. The van der Waals surface area contributed by atoms with Gasteiger partial charge in [0.1, 0.15) is 5.82 Å². The fourth-order valence-electron chi connectivity index (χ4n) is 2.47. The van der Waals surface area contributed by atoms with Crippen molar-refractivity contribution in [1.82, 2.24) is 9.62 Å². The lowest BCUT2D eigenvalue weighted by atomic mass is 10.1. The van der Waals surface area contributed by atoms with E-state index in [2.05, 4.69) is 5.32 Å². The summed E-state index contributed by atoms with van der Waals surface area (Å²) in [5.74, 6) is -0.327. The lowest BCUT2D eigenvalue weighted by molar-refractivity contribution is -0.120. The normalized spacial score (nSPS) is 18.0. The Hall–Kier alpha value is -1.47. The lowest BCUT2D eigenvalue weighted by Crippen LogP contribution is -2.39. The number of hydrogen-bond donors (Lipinski definition) is 1. The molecule has 22 heavy (non-hydrogen) atoms. The van der Waals surface area contributed by atoms with Gasteiger partial charge in [0.25, 0.3) is 0 Å². The Morgan fingerprint density at radius 1 is 1.32 bits per heavy atom. The SMILES string of the molecule is O=C(Cc1cccc(F)c1)NCCCN1CCCCS1(=O)=O. The van der Waals surface area contributed by atoms with Gasteiger partial charge >= 0.3 is 0 Å². The van der Waals surface area contributed by atoms with E-state index in [1.54, 1.807) is 12.1 Å². The Morgan fingerprint density at radius 3 is 2.86 bits per heavy atom. The molecule has 1 aromatic carbocycles. The van der Waals surface area contributed by atoms with E-state index in [4.69, 9.17) is 0 Å². The van der Waals surface area contributed by atoms with E-state index in [1.165, 1.54) is 16.4 Å². The average Bonchev–Trinajstić information content (AvgIpc) is 2.44. The third-order valence-electron chi connectivity index (χ3n) is 3.61. The van der Waals surface area contributed by atoms with Gasteiger partial charge in [-0.05, 0) is 37.0 Å². The second kappa shape index (κ2) is 7.69. The van der Waals surface area contributed by atoms with Gasteiger partial charge in [-0.1, -0.05) is 12.1 Å². The molecule has 1 aliphatic heterocycles. The molecule has 5 nitrogen and oxygen atoms in total. The Morgan fingerprint density at radius 2 is 2.14 bits per heavy atom. The third-order valence-corrected chi connectivity index (χ3v) is 5.57. The van der Waals surface area contributed by atoms with Crippen molar-refractivity contribution in [3.63, 3.8) is 0 Å². The topological polar surface area (TPSA) is 66.5 Å². The molecule has 7 heteroatoms. The molecule has 0 saturated carbocycles. The van der Waals surface area contributed by atoms with Crippen molar-refractivity contribution >= 4 is 15.9 Å². The Labute approximate surface area is 130 Å². The van der Waals surface area contributed by atoms with Gasteiger partial charge in [-0.15, -0.1) is 0 Å². The summed E-state index contributed by atoms with van der Waals surface area (Å²) in [5.41, 5.74) is 0.621. The summed E-state index contributed by atoms with van der Waals surface area (Å²) in [6.07, 6.45) is 2.32. The molecule has 0 aliphatic carbocycles. The zero-order chi connectivity index (χ0) is 16.0. The van der Waals surface area contributed by atoms with Crippen LogP contribution in [0.1, 0.15) is 24.8 Å². The molecule has 0 aromatic heterocycles. The fraction of sp³-hybridized carbons (Fsp3) is 0.533. The van der Waals surface area contributed by atoms with Gasteiger partial charge < -0.3 is 5.32 Å². The van der Waals surface area contributed by atoms with Crippen LogP contribution in [-0.4, -0.2) is 44.0 Å². The van der Waals surface area contributed by atoms with Crippen LogP contribution in [0.25, 0.3) is 0 Å². The number of nitrogens with one attached hydrogen (secondary N) is 1. The van der Waals surface area contributed by atoms with E-state index in [0.717, 1.165) is 12.8 Å². The number of carbonyl (C=O) groups excluding carboxylic acids is 1. The van der Waals surface area contributed by atoms with Gasteiger partial charge in [-0.2, -0.15) is 0 Å². The highest BCUT2D eigenvalue weighted by Crippen LogP contribution is 2.13. The number of carbonyl (C=O) groups is 1. The maximum Gasteiger partial charge on any atom is 0.224 e. The minimum atomic E-state index is -3.10. The van der Waals surface area contributed by atoms with Crippen molar-refractivity contribution in [3.05, 3.63) is 35.6 Å².